The molecule has 2 aromatic rings. The second kappa shape index (κ2) is 9.92. The largest absolute Gasteiger partial charge is 0.341 e. The molecule has 1 aliphatic rings. The predicted octanol–water partition coefficient (Wildman–Crippen LogP) is 4.59. The average Bonchev–Trinajstić information content (AvgIpc) is 2.74. The van der Waals surface area contributed by atoms with E-state index in [9.17, 15) is 9.59 Å². The molecule has 0 aromatic heterocycles. The van der Waals surface area contributed by atoms with E-state index in [0.29, 0.717) is 12.5 Å². The first-order chi connectivity index (χ1) is 14.0. The lowest BCUT2D eigenvalue weighted by Gasteiger charge is -2.34. The van der Waals surface area contributed by atoms with Crippen LogP contribution in [0.1, 0.15) is 36.9 Å². The Hall–Kier alpha value is -2.34. The first kappa shape index (κ1) is 21.4. The summed E-state index contributed by atoms with van der Waals surface area (Å²) in [5, 5.41) is 2.96. The summed E-state index contributed by atoms with van der Waals surface area (Å²) in [4.78, 5) is 29.7. The van der Waals surface area contributed by atoms with Gasteiger partial charge in [0, 0.05) is 31.2 Å². The van der Waals surface area contributed by atoms with Crippen molar-refractivity contribution in [3.05, 3.63) is 70.2 Å². The first-order valence-corrected chi connectivity index (χ1v) is 10.8. The summed E-state index contributed by atoms with van der Waals surface area (Å²) < 4.78 is 0.956. The Bertz CT molecular complexity index is 835. The fraction of sp³-hybridized carbons (Fsp3) is 0.391. The molecule has 1 saturated heterocycles. The summed E-state index contributed by atoms with van der Waals surface area (Å²) in [6.07, 6.45) is 2.01. The molecule has 5 nitrogen and oxygen atoms in total. The van der Waals surface area contributed by atoms with Crippen LogP contribution in [0.4, 0.5) is 4.79 Å². The van der Waals surface area contributed by atoms with Gasteiger partial charge in [0.2, 0.25) is 5.91 Å². The van der Waals surface area contributed by atoms with Crippen LogP contribution >= 0.6 is 15.9 Å². The van der Waals surface area contributed by atoms with Crippen molar-refractivity contribution in [1.29, 1.82) is 0 Å². The van der Waals surface area contributed by atoms with E-state index in [2.05, 4.69) is 28.2 Å². The van der Waals surface area contributed by atoms with Crippen molar-refractivity contribution >= 4 is 27.9 Å². The molecular formula is C23H28BrN3O2. The maximum Gasteiger partial charge on any atom is 0.318 e. The number of carbonyl (C=O) groups is 2. The van der Waals surface area contributed by atoms with Crippen LogP contribution in [0.15, 0.2) is 59.1 Å². The van der Waals surface area contributed by atoms with Crippen LogP contribution in [0.5, 0.6) is 0 Å². The van der Waals surface area contributed by atoms with E-state index in [4.69, 9.17) is 0 Å². The Morgan fingerprint density at radius 3 is 2.38 bits per heavy atom. The zero-order valence-corrected chi connectivity index (χ0v) is 18.6. The minimum absolute atomic E-state index is 0.0364. The van der Waals surface area contributed by atoms with Gasteiger partial charge in [-0.25, -0.2) is 4.79 Å². The predicted molar refractivity (Wildman–Crippen MR) is 118 cm³/mol. The Kier molecular flexibility index (Phi) is 7.31. The number of likely N-dealkylation sites (tertiary alicyclic amines) is 1. The van der Waals surface area contributed by atoms with Gasteiger partial charge in [0.15, 0.2) is 0 Å². The first-order valence-electron chi connectivity index (χ1n) is 10.0. The molecule has 0 aliphatic carbocycles. The monoisotopic (exact) mass is 457 g/mol. The van der Waals surface area contributed by atoms with Crippen molar-refractivity contribution in [1.82, 2.24) is 15.1 Å². The lowest BCUT2D eigenvalue weighted by atomic mass is 9.97. The topological polar surface area (TPSA) is 52.7 Å². The molecule has 3 amide bonds. The Labute approximate surface area is 181 Å². The van der Waals surface area contributed by atoms with E-state index in [1.807, 2.05) is 59.5 Å². The normalized spacial score (nSPS) is 15.6. The standard InChI is InChI=1S/C23H28BrN3O2/c1-17-12-14-27(15-13-17)22(28)21(18-8-4-3-5-9-18)25-23(29)26(2)16-19-10-6-7-11-20(19)24/h3-11,17,21H,12-16H2,1-2H3,(H,25,29). The fourth-order valence-electron chi connectivity index (χ4n) is 3.53. The molecule has 0 radical (unpaired) electrons. The van der Waals surface area contributed by atoms with E-state index in [1.165, 1.54) is 0 Å². The quantitative estimate of drug-likeness (QED) is 0.713. The van der Waals surface area contributed by atoms with Gasteiger partial charge < -0.3 is 15.1 Å². The van der Waals surface area contributed by atoms with Gasteiger partial charge in [-0.3, -0.25) is 4.79 Å². The third-order valence-electron chi connectivity index (χ3n) is 5.46. The number of urea groups is 1. The summed E-state index contributed by atoms with van der Waals surface area (Å²) >= 11 is 3.52. The lowest BCUT2D eigenvalue weighted by molar-refractivity contribution is -0.134. The summed E-state index contributed by atoms with van der Waals surface area (Å²) in [6, 6.07) is 16.3. The van der Waals surface area contributed by atoms with Gasteiger partial charge in [0.1, 0.15) is 6.04 Å². The molecule has 6 heteroatoms. The number of amides is 3. The molecule has 1 atom stereocenters. The van der Waals surface area contributed by atoms with Gasteiger partial charge >= 0.3 is 6.03 Å². The van der Waals surface area contributed by atoms with Gasteiger partial charge in [0.05, 0.1) is 0 Å². The molecule has 2 aromatic carbocycles. The van der Waals surface area contributed by atoms with Crippen molar-refractivity contribution in [2.75, 3.05) is 20.1 Å². The van der Waals surface area contributed by atoms with Crippen molar-refractivity contribution < 1.29 is 9.59 Å². The number of hydrogen-bond donors (Lipinski definition) is 1. The van der Waals surface area contributed by atoms with Crippen LogP contribution in [0.2, 0.25) is 0 Å². The molecule has 154 valence electrons. The van der Waals surface area contributed by atoms with Gasteiger partial charge in [-0.05, 0) is 36.0 Å². The molecule has 29 heavy (non-hydrogen) atoms. The molecule has 1 aliphatic heterocycles. The third kappa shape index (κ3) is 5.60. The van der Waals surface area contributed by atoms with Crippen molar-refractivity contribution in [2.45, 2.75) is 32.4 Å². The Morgan fingerprint density at radius 1 is 1.10 bits per heavy atom. The van der Waals surface area contributed by atoms with Crippen molar-refractivity contribution in [3.8, 4) is 0 Å². The van der Waals surface area contributed by atoms with E-state index in [-0.39, 0.29) is 11.9 Å². The minimum atomic E-state index is -0.682. The van der Waals surface area contributed by atoms with Crippen LogP contribution in [0, 0.1) is 5.92 Å². The maximum absolute atomic E-state index is 13.3. The highest BCUT2D eigenvalue weighted by atomic mass is 79.9. The molecule has 1 N–H and O–H groups in total. The number of nitrogens with one attached hydrogen (secondary N) is 1. The minimum Gasteiger partial charge on any atom is -0.341 e. The van der Waals surface area contributed by atoms with E-state index in [1.54, 1.807) is 11.9 Å². The summed E-state index contributed by atoms with van der Waals surface area (Å²) in [5.41, 5.74) is 1.82. The summed E-state index contributed by atoms with van der Waals surface area (Å²) in [6.45, 7) is 4.15. The lowest BCUT2D eigenvalue weighted by Crippen LogP contribution is -2.48. The zero-order chi connectivity index (χ0) is 20.8. The van der Waals surface area contributed by atoms with Crippen molar-refractivity contribution in [2.24, 2.45) is 5.92 Å². The molecule has 3 rings (SSSR count). The van der Waals surface area contributed by atoms with Crippen LogP contribution in [0.25, 0.3) is 0 Å². The Balaban J connectivity index is 1.73. The number of hydrogen-bond acceptors (Lipinski definition) is 2. The number of piperidine rings is 1. The smallest absolute Gasteiger partial charge is 0.318 e. The van der Waals surface area contributed by atoms with Crippen LogP contribution in [0.3, 0.4) is 0 Å². The SMILES string of the molecule is CC1CCN(C(=O)C(NC(=O)N(C)Cc2ccccc2Br)c2ccccc2)CC1. The summed E-state index contributed by atoms with van der Waals surface area (Å²) in [5.74, 6) is 0.602. The average molecular weight is 458 g/mol. The number of halogens is 1. The van der Waals surface area contributed by atoms with Gasteiger partial charge in [0.25, 0.3) is 0 Å². The summed E-state index contributed by atoms with van der Waals surface area (Å²) in [7, 11) is 1.74. The highest BCUT2D eigenvalue weighted by Gasteiger charge is 2.30. The van der Waals surface area contributed by atoms with Crippen LogP contribution < -0.4 is 5.32 Å². The molecule has 0 saturated carbocycles. The fourth-order valence-corrected chi connectivity index (χ4v) is 3.94. The van der Waals surface area contributed by atoms with Crippen LogP contribution in [-0.2, 0) is 11.3 Å². The maximum atomic E-state index is 13.3. The van der Waals surface area contributed by atoms with E-state index in [0.717, 1.165) is 41.5 Å². The van der Waals surface area contributed by atoms with Gasteiger partial charge in [-0.15, -0.1) is 0 Å². The molecule has 1 fully saturated rings. The second-order valence-corrected chi connectivity index (χ2v) is 8.60. The molecule has 1 heterocycles. The molecular weight excluding hydrogens is 430 g/mol. The highest BCUT2D eigenvalue weighted by Crippen LogP contribution is 2.22. The van der Waals surface area contributed by atoms with Gasteiger partial charge in [-0.1, -0.05) is 71.4 Å². The molecule has 0 spiro atoms. The zero-order valence-electron chi connectivity index (χ0n) is 17.0. The Morgan fingerprint density at radius 2 is 1.72 bits per heavy atom. The number of rotatable bonds is 5. The number of carbonyl (C=O) groups excluding carboxylic acids is 2. The highest BCUT2D eigenvalue weighted by molar-refractivity contribution is 9.10. The second-order valence-electron chi connectivity index (χ2n) is 7.75. The van der Waals surface area contributed by atoms with Crippen LogP contribution in [-0.4, -0.2) is 41.9 Å². The molecule has 0 bridgehead atoms. The molecule has 1 unspecified atom stereocenters. The number of benzene rings is 2. The third-order valence-corrected chi connectivity index (χ3v) is 6.23. The number of nitrogens with zero attached hydrogens (tertiary/aromatic N) is 2. The van der Waals surface area contributed by atoms with Gasteiger partial charge in [-0.2, -0.15) is 0 Å². The van der Waals surface area contributed by atoms with E-state index >= 15 is 0 Å². The van der Waals surface area contributed by atoms with E-state index < -0.39 is 6.04 Å². The van der Waals surface area contributed by atoms with Crippen molar-refractivity contribution in [3.63, 3.8) is 0 Å².